The summed E-state index contributed by atoms with van der Waals surface area (Å²) < 4.78 is 27.7. The Labute approximate surface area is 84.8 Å². The Hall–Kier alpha value is -1.03. The lowest BCUT2D eigenvalue weighted by atomic mass is 10.3. The lowest BCUT2D eigenvalue weighted by Gasteiger charge is -2.08. The van der Waals surface area contributed by atoms with Crippen molar-refractivity contribution < 1.29 is 12.6 Å². The zero-order valence-corrected chi connectivity index (χ0v) is 9.12. The summed E-state index contributed by atoms with van der Waals surface area (Å²) in [5.74, 6) is 0.485. The molecule has 0 bridgehead atoms. The molecule has 0 aliphatic rings. The maximum absolute atomic E-state index is 11.4. The highest BCUT2D eigenvalue weighted by Crippen LogP contribution is 2.13. The average molecular weight is 214 g/mol. The Morgan fingerprint density at radius 3 is 2.29 bits per heavy atom. The van der Waals surface area contributed by atoms with E-state index < -0.39 is 10.1 Å². The molecule has 4 heteroatoms. The highest BCUT2D eigenvalue weighted by atomic mass is 32.2. The van der Waals surface area contributed by atoms with Crippen LogP contribution in [-0.2, 0) is 10.1 Å². The van der Waals surface area contributed by atoms with Gasteiger partial charge < -0.3 is 4.18 Å². The van der Waals surface area contributed by atoms with Crippen LogP contribution in [0.25, 0.3) is 0 Å². The number of hydrogen-bond acceptors (Lipinski definition) is 3. The minimum Gasteiger partial charge on any atom is -0.382 e. The van der Waals surface area contributed by atoms with Crippen molar-refractivity contribution in [1.82, 2.24) is 0 Å². The van der Waals surface area contributed by atoms with Crippen molar-refractivity contribution in [3.63, 3.8) is 0 Å². The van der Waals surface area contributed by atoms with Gasteiger partial charge in [0.25, 0.3) is 0 Å². The van der Waals surface area contributed by atoms with Gasteiger partial charge in [-0.25, -0.2) is 0 Å². The van der Waals surface area contributed by atoms with Gasteiger partial charge in [0.05, 0.1) is 5.75 Å². The molecule has 1 aromatic rings. The fourth-order valence-electron chi connectivity index (χ4n) is 1.06. The number of hydrogen-bond donors (Lipinski definition) is 0. The lowest BCUT2D eigenvalue weighted by molar-refractivity contribution is 0.477. The maximum Gasteiger partial charge on any atom is 0.309 e. The topological polar surface area (TPSA) is 43.4 Å². The summed E-state index contributed by atoms with van der Waals surface area (Å²) in [4.78, 5) is 0. The van der Waals surface area contributed by atoms with Crippen molar-refractivity contribution in [3.8, 4) is 5.75 Å². The van der Waals surface area contributed by atoms with Crippen LogP contribution in [0.3, 0.4) is 0 Å². The van der Waals surface area contributed by atoms with E-state index in [9.17, 15) is 8.42 Å². The smallest absolute Gasteiger partial charge is 0.309 e. The minimum atomic E-state index is -3.43. The Morgan fingerprint density at radius 2 is 1.79 bits per heavy atom. The molecule has 3 nitrogen and oxygen atoms in total. The zero-order chi connectivity index (χ0) is 10.6. The van der Waals surface area contributed by atoms with E-state index in [1.807, 2.05) is 19.9 Å². The van der Waals surface area contributed by atoms with Gasteiger partial charge in [-0.2, -0.15) is 8.42 Å². The first kappa shape index (κ1) is 11.0. The minimum absolute atomic E-state index is 0.0435. The van der Waals surface area contributed by atoms with Gasteiger partial charge in [0.1, 0.15) is 5.75 Å². The van der Waals surface area contributed by atoms with E-state index in [2.05, 4.69) is 0 Å². The van der Waals surface area contributed by atoms with Gasteiger partial charge >= 0.3 is 10.1 Å². The summed E-state index contributed by atoms with van der Waals surface area (Å²) in [6.07, 6.45) is 0. The third kappa shape index (κ3) is 3.79. The van der Waals surface area contributed by atoms with E-state index in [1.54, 1.807) is 24.3 Å². The van der Waals surface area contributed by atoms with E-state index in [1.165, 1.54) is 0 Å². The molecule has 0 radical (unpaired) electrons. The predicted octanol–water partition coefficient (Wildman–Crippen LogP) is 2.05. The van der Waals surface area contributed by atoms with Crippen LogP contribution >= 0.6 is 0 Å². The molecule has 0 aliphatic heterocycles. The van der Waals surface area contributed by atoms with Crippen LogP contribution in [-0.4, -0.2) is 14.2 Å². The van der Waals surface area contributed by atoms with Crippen LogP contribution in [0, 0.1) is 5.92 Å². The largest absolute Gasteiger partial charge is 0.382 e. The van der Waals surface area contributed by atoms with Gasteiger partial charge in [-0.1, -0.05) is 32.0 Å². The summed E-state index contributed by atoms with van der Waals surface area (Å²) in [6.45, 7) is 3.68. The number of rotatable bonds is 4. The Morgan fingerprint density at radius 1 is 1.21 bits per heavy atom. The van der Waals surface area contributed by atoms with Gasteiger partial charge in [0.15, 0.2) is 0 Å². The average Bonchev–Trinajstić information content (AvgIpc) is 2.02. The molecule has 1 aromatic carbocycles. The van der Waals surface area contributed by atoms with Gasteiger partial charge in [-0.15, -0.1) is 0 Å². The van der Waals surface area contributed by atoms with E-state index in [4.69, 9.17) is 4.18 Å². The van der Waals surface area contributed by atoms with Crippen LogP contribution < -0.4 is 4.18 Å². The molecule has 0 N–H and O–H groups in total. The molecule has 0 aliphatic carbocycles. The summed E-state index contributed by atoms with van der Waals surface area (Å²) in [7, 11) is -3.43. The molecular formula is C10H14O3S. The Balaban J connectivity index is 2.70. The fourth-order valence-corrected chi connectivity index (χ4v) is 2.35. The van der Waals surface area contributed by atoms with Crippen LogP contribution in [0.2, 0.25) is 0 Å². The molecule has 0 fully saturated rings. The van der Waals surface area contributed by atoms with Crippen molar-refractivity contribution in [3.05, 3.63) is 30.3 Å². The number of benzene rings is 1. The normalized spacial score (nSPS) is 11.6. The molecule has 14 heavy (non-hydrogen) atoms. The monoisotopic (exact) mass is 214 g/mol. The first-order chi connectivity index (χ1) is 6.49. The molecule has 0 atom stereocenters. The fraction of sp³-hybridized carbons (Fsp3) is 0.400. The van der Waals surface area contributed by atoms with Gasteiger partial charge in [-0.3, -0.25) is 0 Å². The summed E-state index contributed by atoms with van der Waals surface area (Å²) >= 11 is 0. The highest BCUT2D eigenvalue weighted by Gasteiger charge is 2.14. The standard InChI is InChI=1S/C10H14O3S/c1-9(2)8-14(11,12)13-10-6-4-3-5-7-10/h3-7,9H,8H2,1-2H3. The van der Waals surface area contributed by atoms with E-state index in [0.29, 0.717) is 5.75 Å². The molecule has 0 aromatic heterocycles. The maximum atomic E-state index is 11.4. The van der Waals surface area contributed by atoms with Crippen molar-refractivity contribution in [1.29, 1.82) is 0 Å². The summed E-state index contributed by atoms with van der Waals surface area (Å²) in [6, 6.07) is 8.53. The summed E-state index contributed by atoms with van der Waals surface area (Å²) in [5, 5.41) is 0. The predicted molar refractivity (Wildman–Crippen MR) is 55.7 cm³/mol. The third-order valence-electron chi connectivity index (χ3n) is 1.50. The van der Waals surface area contributed by atoms with Crippen molar-refractivity contribution in [2.45, 2.75) is 13.8 Å². The quantitative estimate of drug-likeness (QED) is 0.720. The second kappa shape index (κ2) is 4.46. The first-order valence-electron chi connectivity index (χ1n) is 4.47. The van der Waals surface area contributed by atoms with E-state index >= 15 is 0 Å². The van der Waals surface area contributed by atoms with Crippen molar-refractivity contribution in [2.75, 3.05) is 5.75 Å². The Kier molecular flexibility index (Phi) is 3.52. The molecule has 78 valence electrons. The molecule has 0 amide bonds. The van der Waals surface area contributed by atoms with Crippen LogP contribution in [0.15, 0.2) is 30.3 Å². The van der Waals surface area contributed by atoms with E-state index in [-0.39, 0.29) is 11.7 Å². The first-order valence-corrected chi connectivity index (χ1v) is 6.04. The zero-order valence-electron chi connectivity index (χ0n) is 8.30. The lowest BCUT2D eigenvalue weighted by Crippen LogP contribution is -2.17. The van der Waals surface area contributed by atoms with Crippen LogP contribution in [0.5, 0.6) is 5.75 Å². The number of para-hydroxylation sites is 1. The van der Waals surface area contributed by atoms with Crippen molar-refractivity contribution in [2.24, 2.45) is 5.92 Å². The molecule has 1 rings (SSSR count). The van der Waals surface area contributed by atoms with Gasteiger partial charge in [-0.05, 0) is 18.1 Å². The highest BCUT2D eigenvalue weighted by molar-refractivity contribution is 7.87. The van der Waals surface area contributed by atoms with Crippen LogP contribution in [0.4, 0.5) is 0 Å². The SMILES string of the molecule is CC(C)CS(=O)(=O)Oc1ccccc1. The van der Waals surface area contributed by atoms with Gasteiger partial charge in [0.2, 0.25) is 0 Å². The molecule has 0 spiro atoms. The molecule has 0 heterocycles. The molecule has 0 unspecified atom stereocenters. The summed E-state index contributed by atoms with van der Waals surface area (Å²) in [5.41, 5.74) is 0. The van der Waals surface area contributed by atoms with E-state index in [0.717, 1.165) is 0 Å². The van der Waals surface area contributed by atoms with Gasteiger partial charge in [0, 0.05) is 0 Å². The van der Waals surface area contributed by atoms with Crippen molar-refractivity contribution >= 4 is 10.1 Å². The second-order valence-corrected chi connectivity index (χ2v) is 5.13. The van der Waals surface area contributed by atoms with Crippen LogP contribution in [0.1, 0.15) is 13.8 Å². The Bertz CT molecular complexity index is 368. The molecule has 0 saturated carbocycles. The molecule has 0 saturated heterocycles. The second-order valence-electron chi connectivity index (χ2n) is 3.51. The third-order valence-corrected chi connectivity index (χ3v) is 3.03. The molecular weight excluding hydrogens is 200 g/mol.